The molecule has 0 saturated carbocycles. The van der Waals surface area contributed by atoms with Gasteiger partial charge in [0.1, 0.15) is 20.7 Å². The highest BCUT2D eigenvalue weighted by Gasteiger charge is 2.20. The van der Waals surface area contributed by atoms with Gasteiger partial charge in [0.05, 0.1) is 11.4 Å². The maximum atomic E-state index is 12.5. The third-order valence-corrected chi connectivity index (χ3v) is 5.36. The molecule has 0 atom stereocenters. The van der Waals surface area contributed by atoms with Crippen LogP contribution < -0.4 is 16.6 Å². The number of nitrogens with two attached hydrogens (primary N) is 1. The molecule has 0 aliphatic rings. The molecule has 0 aliphatic heterocycles. The summed E-state index contributed by atoms with van der Waals surface area (Å²) in [5.41, 5.74) is 6.60. The molecule has 3 heterocycles. The number of carbonyl (C=O) groups excluding carboxylic acids is 1. The van der Waals surface area contributed by atoms with E-state index >= 15 is 0 Å². The van der Waals surface area contributed by atoms with Gasteiger partial charge in [0.25, 0.3) is 11.5 Å². The summed E-state index contributed by atoms with van der Waals surface area (Å²) < 4.78 is 1.56. The van der Waals surface area contributed by atoms with Crippen LogP contribution in [0.15, 0.2) is 65.5 Å². The summed E-state index contributed by atoms with van der Waals surface area (Å²) in [6, 6.07) is 17.5. The number of hydrogen-bond acceptors (Lipinski definition) is 5. The van der Waals surface area contributed by atoms with E-state index < -0.39 is 5.91 Å². The van der Waals surface area contributed by atoms with Gasteiger partial charge in [-0.25, -0.2) is 4.98 Å². The van der Waals surface area contributed by atoms with E-state index in [0.717, 1.165) is 11.3 Å². The second-order valence-electron chi connectivity index (χ2n) is 5.70. The third-order valence-electron chi connectivity index (χ3n) is 3.95. The monoisotopic (exact) mass is 396 g/mol. The second kappa shape index (κ2) is 6.86. The number of nitrogens with zero attached hydrogens (tertiary/aromatic N) is 2. The molecule has 3 N–H and O–H groups in total. The zero-order valence-corrected chi connectivity index (χ0v) is 15.4. The fraction of sp³-hybridized carbons (Fsp3) is 0. The van der Waals surface area contributed by atoms with E-state index in [-0.39, 0.29) is 5.56 Å². The molecule has 0 fully saturated rings. The van der Waals surface area contributed by atoms with Crippen molar-refractivity contribution in [3.05, 3.63) is 81.0 Å². The standard InChI is InChI=1S/C19H13ClN4O2S/c20-13-7-4-8-14(22-13)23-16-12-9-10-15(25)24(11-5-2-1-3-6-11)19(12)27-17(16)18(21)26/h1-10H,(H2,21,26)(H,22,23). The molecule has 6 nitrogen and oxygen atoms in total. The van der Waals surface area contributed by atoms with E-state index in [1.807, 2.05) is 30.3 Å². The molecule has 8 heteroatoms. The van der Waals surface area contributed by atoms with E-state index in [9.17, 15) is 9.59 Å². The van der Waals surface area contributed by atoms with Gasteiger partial charge in [-0.3, -0.25) is 14.2 Å². The van der Waals surface area contributed by atoms with Crippen molar-refractivity contribution >= 4 is 50.6 Å². The Balaban J connectivity index is 1.98. The molecule has 0 spiro atoms. The maximum Gasteiger partial charge on any atom is 0.261 e. The Morgan fingerprint density at radius 3 is 2.56 bits per heavy atom. The Hall–Kier alpha value is -3.16. The Kier molecular flexibility index (Phi) is 4.39. The largest absolute Gasteiger partial charge is 0.365 e. The molecule has 1 amide bonds. The summed E-state index contributed by atoms with van der Waals surface area (Å²) in [4.78, 5) is 29.7. The van der Waals surface area contributed by atoms with Gasteiger partial charge >= 0.3 is 0 Å². The van der Waals surface area contributed by atoms with Crippen molar-refractivity contribution in [2.45, 2.75) is 0 Å². The van der Waals surface area contributed by atoms with Crippen LogP contribution in [-0.4, -0.2) is 15.5 Å². The van der Waals surface area contributed by atoms with Crippen molar-refractivity contribution in [3.8, 4) is 5.69 Å². The van der Waals surface area contributed by atoms with E-state index in [0.29, 0.717) is 37.4 Å². The number of para-hydroxylation sites is 1. The van der Waals surface area contributed by atoms with Gasteiger partial charge in [0, 0.05) is 11.5 Å². The first-order valence-electron chi connectivity index (χ1n) is 7.98. The third kappa shape index (κ3) is 3.18. The van der Waals surface area contributed by atoms with Crippen LogP contribution in [0.2, 0.25) is 5.15 Å². The van der Waals surface area contributed by atoms with Crippen molar-refractivity contribution in [2.24, 2.45) is 5.73 Å². The fourth-order valence-corrected chi connectivity index (χ4v) is 4.09. The molecule has 4 rings (SSSR count). The Morgan fingerprint density at radius 2 is 1.85 bits per heavy atom. The SMILES string of the molecule is NC(=O)c1sc2c(ccc(=O)n2-c2ccccc2)c1Nc1cccc(Cl)n1. The fourth-order valence-electron chi connectivity index (χ4n) is 2.81. The van der Waals surface area contributed by atoms with Crippen LogP contribution in [0, 0.1) is 0 Å². The molecule has 1 aromatic carbocycles. The van der Waals surface area contributed by atoms with Gasteiger partial charge in [0.15, 0.2) is 0 Å². The summed E-state index contributed by atoms with van der Waals surface area (Å²) in [6.45, 7) is 0. The van der Waals surface area contributed by atoms with E-state index in [1.54, 1.807) is 28.8 Å². The predicted molar refractivity (Wildman–Crippen MR) is 108 cm³/mol. The highest BCUT2D eigenvalue weighted by molar-refractivity contribution is 7.21. The Labute approximate surface area is 162 Å². The van der Waals surface area contributed by atoms with Gasteiger partial charge in [-0.05, 0) is 30.3 Å². The van der Waals surface area contributed by atoms with Crippen LogP contribution in [0.25, 0.3) is 15.9 Å². The minimum absolute atomic E-state index is 0.196. The van der Waals surface area contributed by atoms with Crippen LogP contribution in [0.4, 0.5) is 11.5 Å². The highest BCUT2D eigenvalue weighted by atomic mass is 35.5. The zero-order chi connectivity index (χ0) is 19.0. The molecule has 0 saturated heterocycles. The van der Waals surface area contributed by atoms with Gasteiger partial charge in [-0.2, -0.15) is 0 Å². The second-order valence-corrected chi connectivity index (χ2v) is 7.09. The van der Waals surface area contributed by atoms with Crippen molar-refractivity contribution < 1.29 is 4.79 Å². The first-order valence-corrected chi connectivity index (χ1v) is 9.17. The number of primary amides is 1. The molecule has 3 aromatic heterocycles. The quantitative estimate of drug-likeness (QED) is 0.511. The van der Waals surface area contributed by atoms with Gasteiger partial charge in [0.2, 0.25) is 0 Å². The number of rotatable bonds is 4. The van der Waals surface area contributed by atoms with Crippen molar-refractivity contribution in [3.63, 3.8) is 0 Å². The average molecular weight is 397 g/mol. The molecular formula is C19H13ClN4O2S. The number of carbonyl (C=O) groups is 1. The van der Waals surface area contributed by atoms with Crippen LogP contribution in [-0.2, 0) is 0 Å². The number of halogens is 1. The Bertz CT molecular complexity index is 1220. The minimum atomic E-state index is -0.590. The predicted octanol–water partition coefficient (Wildman–Crippen LogP) is 3.94. The topological polar surface area (TPSA) is 90.0 Å². The van der Waals surface area contributed by atoms with Crippen LogP contribution >= 0.6 is 22.9 Å². The number of pyridine rings is 2. The molecule has 27 heavy (non-hydrogen) atoms. The number of hydrogen-bond donors (Lipinski definition) is 2. The smallest absolute Gasteiger partial charge is 0.261 e. The summed E-state index contributed by atoms with van der Waals surface area (Å²) >= 11 is 7.10. The van der Waals surface area contributed by atoms with Crippen molar-refractivity contribution in [2.75, 3.05) is 5.32 Å². The number of benzene rings is 1. The lowest BCUT2D eigenvalue weighted by atomic mass is 10.2. The number of amides is 1. The maximum absolute atomic E-state index is 12.5. The first-order chi connectivity index (χ1) is 13.0. The van der Waals surface area contributed by atoms with Crippen LogP contribution in [0.1, 0.15) is 9.67 Å². The average Bonchev–Trinajstić information content (AvgIpc) is 3.01. The van der Waals surface area contributed by atoms with Crippen molar-refractivity contribution in [1.29, 1.82) is 0 Å². The lowest BCUT2D eigenvalue weighted by Crippen LogP contribution is -2.16. The molecule has 0 unspecified atom stereocenters. The van der Waals surface area contributed by atoms with Crippen molar-refractivity contribution in [1.82, 2.24) is 9.55 Å². The first kappa shape index (κ1) is 17.3. The molecule has 134 valence electrons. The summed E-state index contributed by atoms with van der Waals surface area (Å²) in [5.74, 6) is -0.116. The van der Waals surface area contributed by atoms with Crippen LogP contribution in [0.5, 0.6) is 0 Å². The minimum Gasteiger partial charge on any atom is -0.365 e. The lowest BCUT2D eigenvalue weighted by Gasteiger charge is -2.08. The van der Waals surface area contributed by atoms with Gasteiger partial charge < -0.3 is 11.1 Å². The summed E-state index contributed by atoms with van der Waals surface area (Å²) in [5, 5.41) is 4.13. The molecule has 0 bridgehead atoms. The van der Waals surface area contributed by atoms with Gasteiger partial charge in [-0.1, -0.05) is 35.9 Å². The summed E-state index contributed by atoms with van der Waals surface area (Å²) in [7, 11) is 0. The Morgan fingerprint density at radius 1 is 1.07 bits per heavy atom. The summed E-state index contributed by atoms with van der Waals surface area (Å²) in [6.07, 6.45) is 0. The normalized spacial score (nSPS) is 10.9. The highest BCUT2D eigenvalue weighted by Crippen LogP contribution is 2.37. The number of fused-ring (bicyclic) bond motifs is 1. The van der Waals surface area contributed by atoms with Gasteiger partial charge in [-0.15, -0.1) is 11.3 Å². The van der Waals surface area contributed by atoms with Crippen LogP contribution in [0.3, 0.4) is 0 Å². The van der Waals surface area contributed by atoms with E-state index in [1.165, 1.54) is 6.07 Å². The molecular weight excluding hydrogens is 384 g/mol. The number of nitrogens with one attached hydrogen (secondary N) is 1. The molecule has 0 aliphatic carbocycles. The zero-order valence-electron chi connectivity index (χ0n) is 13.8. The number of thiophene rings is 1. The van der Waals surface area contributed by atoms with E-state index in [4.69, 9.17) is 17.3 Å². The van der Waals surface area contributed by atoms with E-state index in [2.05, 4.69) is 10.3 Å². The molecule has 0 radical (unpaired) electrons. The molecule has 4 aromatic rings. The number of anilines is 2. The lowest BCUT2D eigenvalue weighted by molar-refractivity contribution is 0.100. The number of aromatic nitrogens is 2.